The Morgan fingerprint density at radius 1 is 0.956 bits per heavy atom. The van der Waals surface area contributed by atoms with Gasteiger partial charge in [0, 0.05) is 52.5 Å². The van der Waals surface area contributed by atoms with E-state index in [9.17, 15) is 17.6 Å². The van der Waals surface area contributed by atoms with Gasteiger partial charge in [0.25, 0.3) is 0 Å². The number of hydrogen-bond donors (Lipinski definition) is 3. The lowest BCUT2D eigenvalue weighted by molar-refractivity contribution is -0.117. The summed E-state index contributed by atoms with van der Waals surface area (Å²) in [7, 11) is -3.18. The molecular formula is C34H33FN6O3S. The van der Waals surface area contributed by atoms with Crippen molar-refractivity contribution < 1.29 is 17.6 Å². The van der Waals surface area contributed by atoms with Gasteiger partial charge in [-0.3, -0.25) is 14.9 Å². The van der Waals surface area contributed by atoms with E-state index in [4.69, 9.17) is 0 Å². The average Bonchev–Trinajstić information content (AvgIpc) is 3.58. The smallest absolute Gasteiger partial charge is 0.224 e. The molecule has 0 bridgehead atoms. The number of H-pyrrole nitrogens is 2. The second-order valence-electron chi connectivity index (χ2n) is 12.6. The second-order valence-corrected chi connectivity index (χ2v) is 14.9. The molecule has 0 radical (unpaired) electrons. The van der Waals surface area contributed by atoms with E-state index in [1.807, 2.05) is 63.2 Å². The lowest BCUT2D eigenvalue weighted by atomic mass is 9.92. The van der Waals surface area contributed by atoms with Crippen LogP contribution in [0.2, 0.25) is 0 Å². The molecule has 3 N–H and O–H groups in total. The summed E-state index contributed by atoms with van der Waals surface area (Å²) in [5.41, 5.74) is 7.06. The van der Waals surface area contributed by atoms with Gasteiger partial charge in [-0.15, -0.1) is 0 Å². The molecule has 0 atom stereocenters. The first-order valence-corrected chi connectivity index (χ1v) is 16.6. The first-order chi connectivity index (χ1) is 21.3. The molecule has 4 aromatic heterocycles. The molecule has 11 heteroatoms. The van der Waals surface area contributed by atoms with Gasteiger partial charge in [-0.05, 0) is 64.9 Å². The highest BCUT2D eigenvalue weighted by Gasteiger charge is 2.18. The number of nitrogens with one attached hydrogen (secondary N) is 3. The summed E-state index contributed by atoms with van der Waals surface area (Å²) in [5, 5.41) is 12.1. The van der Waals surface area contributed by atoms with Gasteiger partial charge in [0.2, 0.25) is 5.91 Å². The maximum absolute atomic E-state index is 14.7. The number of hydrogen-bond acceptors (Lipinski definition) is 6. The number of carbonyl (C=O) groups is 1. The number of rotatable bonds is 8. The molecular weight excluding hydrogens is 591 g/mol. The van der Waals surface area contributed by atoms with Crippen molar-refractivity contribution in [2.24, 2.45) is 5.41 Å². The number of halogens is 1. The van der Waals surface area contributed by atoms with E-state index >= 15 is 0 Å². The SMILES string of the molecule is CC(C)(C)CC(=O)Nc1cncc(-c2cnc3n[nH]c(-c4cc5c(-c6cc(F)cc(CCS(C)(=O)=O)c6)cccc5[nH]4)c3c2)c1. The van der Waals surface area contributed by atoms with Crippen LogP contribution in [0.15, 0.2) is 73.2 Å². The monoisotopic (exact) mass is 624 g/mol. The molecule has 4 heterocycles. The third-order valence-electron chi connectivity index (χ3n) is 7.42. The summed E-state index contributed by atoms with van der Waals surface area (Å²) < 4.78 is 38.1. The Morgan fingerprint density at radius 3 is 2.53 bits per heavy atom. The third kappa shape index (κ3) is 6.93. The molecule has 6 rings (SSSR count). The number of sulfone groups is 1. The van der Waals surface area contributed by atoms with Gasteiger partial charge in [0.05, 0.1) is 29.0 Å². The predicted octanol–water partition coefficient (Wildman–Crippen LogP) is 6.94. The lowest BCUT2D eigenvalue weighted by Gasteiger charge is -2.17. The molecule has 0 aliphatic heterocycles. The van der Waals surface area contributed by atoms with Gasteiger partial charge >= 0.3 is 0 Å². The average molecular weight is 625 g/mol. The van der Waals surface area contributed by atoms with Crippen molar-refractivity contribution in [3.8, 4) is 33.6 Å². The first-order valence-electron chi connectivity index (χ1n) is 14.5. The highest BCUT2D eigenvalue weighted by molar-refractivity contribution is 7.90. The van der Waals surface area contributed by atoms with Crippen LogP contribution in [0.4, 0.5) is 10.1 Å². The maximum atomic E-state index is 14.7. The minimum absolute atomic E-state index is 0.0521. The number of pyridine rings is 2. The van der Waals surface area contributed by atoms with E-state index < -0.39 is 15.7 Å². The topological polar surface area (TPSA) is 133 Å². The number of fused-ring (bicyclic) bond motifs is 2. The van der Waals surface area contributed by atoms with Crippen molar-refractivity contribution >= 4 is 43.4 Å². The number of anilines is 1. The fourth-order valence-corrected chi connectivity index (χ4v) is 6.02. The van der Waals surface area contributed by atoms with E-state index in [0.717, 1.165) is 44.4 Å². The minimum atomic E-state index is -3.18. The van der Waals surface area contributed by atoms with Crippen LogP contribution in [-0.4, -0.2) is 51.5 Å². The molecule has 0 saturated heterocycles. The molecule has 0 fully saturated rings. The molecule has 2 aromatic carbocycles. The number of amides is 1. The summed E-state index contributed by atoms with van der Waals surface area (Å²) in [6, 6.07) is 16.3. The molecule has 0 spiro atoms. The van der Waals surface area contributed by atoms with Crippen LogP contribution in [0, 0.1) is 11.2 Å². The molecule has 0 unspecified atom stereocenters. The Bertz CT molecular complexity index is 2180. The molecule has 0 aliphatic carbocycles. The van der Waals surface area contributed by atoms with Crippen LogP contribution in [-0.2, 0) is 21.1 Å². The van der Waals surface area contributed by atoms with Crippen LogP contribution >= 0.6 is 0 Å². The molecule has 0 aliphatic rings. The van der Waals surface area contributed by atoms with E-state index in [1.165, 1.54) is 18.4 Å². The summed E-state index contributed by atoms with van der Waals surface area (Å²) >= 11 is 0. The Hall–Kier alpha value is -4.90. The Labute approximate surface area is 260 Å². The number of benzene rings is 2. The second kappa shape index (κ2) is 11.6. The molecule has 45 heavy (non-hydrogen) atoms. The van der Waals surface area contributed by atoms with Crippen molar-refractivity contribution in [1.82, 2.24) is 25.1 Å². The van der Waals surface area contributed by atoms with Crippen LogP contribution < -0.4 is 5.32 Å². The standard InChI is InChI=1S/C34H33FN6O3S/c1-34(2,3)16-31(42)38-25-13-22(17-36-19-25)23-14-28-32(40-41-33(28)37-18-23)30-15-27-26(6-5-7-29(27)39-30)21-10-20(11-24(35)12-21)8-9-45(4,43)44/h5-7,10-15,17-19,39H,8-9,16H2,1-4H3,(H,38,42)(H,37,40,41). The van der Waals surface area contributed by atoms with Crippen molar-refractivity contribution in [3.63, 3.8) is 0 Å². The largest absolute Gasteiger partial charge is 0.353 e. The van der Waals surface area contributed by atoms with Crippen molar-refractivity contribution in [1.29, 1.82) is 0 Å². The van der Waals surface area contributed by atoms with Gasteiger partial charge < -0.3 is 10.3 Å². The highest BCUT2D eigenvalue weighted by Crippen LogP contribution is 2.35. The highest BCUT2D eigenvalue weighted by atomic mass is 32.2. The Balaban J connectivity index is 1.34. The number of nitrogens with zero attached hydrogens (tertiary/aromatic N) is 3. The van der Waals surface area contributed by atoms with Crippen molar-refractivity contribution in [2.75, 3.05) is 17.3 Å². The summed E-state index contributed by atoms with van der Waals surface area (Å²) in [5.74, 6) is -0.549. The number of carbonyl (C=O) groups excluding carboxylic acids is 1. The zero-order valence-electron chi connectivity index (χ0n) is 25.4. The number of aromatic amines is 2. The van der Waals surface area contributed by atoms with Crippen molar-refractivity contribution in [2.45, 2.75) is 33.6 Å². The zero-order chi connectivity index (χ0) is 31.9. The summed E-state index contributed by atoms with van der Waals surface area (Å²) in [6.45, 7) is 6.04. The van der Waals surface area contributed by atoms with Gasteiger partial charge in [-0.25, -0.2) is 17.8 Å². The van der Waals surface area contributed by atoms with Gasteiger partial charge in [0.1, 0.15) is 15.7 Å². The van der Waals surface area contributed by atoms with Crippen LogP contribution in [0.3, 0.4) is 0 Å². The molecule has 230 valence electrons. The van der Waals surface area contributed by atoms with Crippen molar-refractivity contribution in [3.05, 3.63) is 84.6 Å². The fourth-order valence-electron chi connectivity index (χ4n) is 5.41. The zero-order valence-corrected chi connectivity index (χ0v) is 26.2. The van der Waals surface area contributed by atoms with Gasteiger partial charge in [-0.2, -0.15) is 5.10 Å². The third-order valence-corrected chi connectivity index (χ3v) is 8.37. The number of aryl methyl sites for hydroxylation is 1. The van der Waals surface area contributed by atoms with Gasteiger partial charge in [0.15, 0.2) is 5.65 Å². The predicted molar refractivity (Wildman–Crippen MR) is 176 cm³/mol. The van der Waals surface area contributed by atoms with Crippen LogP contribution in [0.25, 0.3) is 55.6 Å². The molecule has 6 aromatic rings. The maximum Gasteiger partial charge on any atom is 0.224 e. The van der Waals surface area contributed by atoms with Crippen LogP contribution in [0.1, 0.15) is 32.8 Å². The van der Waals surface area contributed by atoms with Gasteiger partial charge in [-0.1, -0.05) is 39.0 Å². The van der Waals surface area contributed by atoms with E-state index in [2.05, 4.69) is 30.5 Å². The number of aromatic nitrogens is 5. The van der Waals surface area contributed by atoms with E-state index in [1.54, 1.807) is 18.6 Å². The summed E-state index contributed by atoms with van der Waals surface area (Å²) in [6.07, 6.45) is 6.86. The lowest BCUT2D eigenvalue weighted by Crippen LogP contribution is -2.19. The summed E-state index contributed by atoms with van der Waals surface area (Å²) in [4.78, 5) is 24.8. The molecule has 1 amide bonds. The fraction of sp³-hybridized carbons (Fsp3) is 0.235. The normalized spacial score (nSPS) is 12.2. The van der Waals surface area contributed by atoms with Crippen LogP contribution in [0.5, 0.6) is 0 Å². The molecule has 9 nitrogen and oxygen atoms in total. The minimum Gasteiger partial charge on any atom is -0.353 e. The van der Waals surface area contributed by atoms with E-state index in [-0.39, 0.29) is 23.5 Å². The first kappa shape index (κ1) is 30.1. The van der Waals surface area contributed by atoms with E-state index in [0.29, 0.717) is 28.9 Å². The quantitative estimate of drug-likeness (QED) is 0.168. The Morgan fingerprint density at radius 2 is 1.76 bits per heavy atom. The Kier molecular flexibility index (Phi) is 7.74. The molecule has 0 saturated carbocycles.